The highest BCUT2D eigenvalue weighted by molar-refractivity contribution is 5.91. The summed E-state index contributed by atoms with van der Waals surface area (Å²) in [6.07, 6.45) is 6.23. The third-order valence-electron chi connectivity index (χ3n) is 5.58. The molecule has 2 aromatic carbocycles. The largest absolute Gasteiger partial charge is 0.506 e. The molecule has 0 aliphatic carbocycles. The molecular weight excluding hydrogens is 418 g/mol. The molecule has 2 heterocycles. The number of ether oxygens (including phenoxy) is 1. The first-order valence-corrected chi connectivity index (χ1v) is 11.2. The molecule has 0 spiro atoms. The fraction of sp³-hybridized carbons (Fsp3) is 0.360. The number of phenolic OH excluding ortho intramolecular Hbond substituents is 1. The molecule has 1 saturated heterocycles. The molecule has 1 fully saturated rings. The van der Waals surface area contributed by atoms with E-state index in [2.05, 4.69) is 27.5 Å². The summed E-state index contributed by atoms with van der Waals surface area (Å²) in [4.78, 5) is 16.6. The normalized spacial score (nSPS) is 13.2. The predicted molar refractivity (Wildman–Crippen MR) is 131 cm³/mol. The lowest BCUT2D eigenvalue weighted by molar-refractivity contribution is 0.212. The van der Waals surface area contributed by atoms with E-state index in [9.17, 15) is 9.90 Å². The van der Waals surface area contributed by atoms with Crippen LogP contribution in [-0.2, 0) is 6.54 Å². The zero-order valence-corrected chi connectivity index (χ0v) is 19.5. The summed E-state index contributed by atoms with van der Waals surface area (Å²) < 4.78 is 5.22. The minimum absolute atomic E-state index is 0.000478. The number of aromatic amines is 1. The van der Waals surface area contributed by atoms with E-state index in [0.29, 0.717) is 18.8 Å². The Morgan fingerprint density at radius 1 is 1.21 bits per heavy atom. The summed E-state index contributed by atoms with van der Waals surface area (Å²) in [7, 11) is 3.78. The maximum Gasteiger partial charge on any atom is 0.322 e. The van der Waals surface area contributed by atoms with Crippen molar-refractivity contribution in [1.82, 2.24) is 20.0 Å². The molecule has 1 aliphatic rings. The van der Waals surface area contributed by atoms with Crippen LogP contribution >= 0.6 is 0 Å². The number of amides is 2. The number of rotatable bonds is 6. The summed E-state index contributed by atoms with van der Waals surface area (Å²) in [5.41, 5.74) is 2.99. The highest BCUT2D eigenvalue weighted by atomic mass is 16.5. The number of urea groups is 1. The minimum Gasteiger partial charge on any atom is -0.506 e. The van der Waals surface area contributed by atoms with Crippen molar-refractivity contribution in [2.24, 2.45) is 0 Å². The lowest BCUT2D eigenvalue weighted by Gasteiger charge is -2.22. The van der Waals surface area contributed by atoms with Gasteiger partial charge < -0.3 is 25.0 Å². The lowest BCUT2D eigenvalue weighted by Crippen LogP contribution is -2.34. The van der Waals surface area contributed by atoms with Crippen LogP contribution in [-0.4, -0.2) is 64.9 Å². The smallest absolute Gasteiger partial charge is 0.322 e. The molecule has 1 aromatic heterocycles. The van der Waals surface area contributed by atoms with Crippen LogP contribution in [0.3, 0.4) is 0 Å². The van der Waals surface area contributed by atoms with E-state index in [1.807, 2.05) is 37.3 Å². The van der Waals surface area contributed by atoms with Crippen LogP contribution in [0.4, 0.5) is 10.5 Å². The van der Waals surface area contributed by atoms with Crippen LogP contribution < -0.4 is 10.1 Å². The van der Waals surface area contributed by atoms with Gasteiger partial charge in [0.1, 0.15) is 11.5 Å². The molecule has 4 rings (SSSR count). The molecule has 1 aliphatic heterocycles. The molecule has 8 nitrogen and oxygen atoms in total. The van der Waals surface area contributed by atoms with Gasteiger partial charge in [0, 0.05) is 24.8 Å². The number of phenols is 1. The predicted octanol–water partition coefficient (Wildman–Crippen LogP) is 4.56. The number of benzene rings is 2. The summed E-state index contributed by atoms with van der Waals surface area (Å²) in [5, 5.41) is 19.7. The van der Waals surface area contributed by atoms with Gasteiger partial charge in [-0.2, -0.15) is 5.10 Å². The number of carbonyl (C=O) groups excluding carboxylic acids is 1. The van der Waals surface area contributed by atoms with Gasteiger partial charge in [0.25, 0.3) is 0 Å². The highest BCUT2D eigenvalue weighted by Crippen LogP contribution is 2.29. The Bertz CT molecular complexity index is 1020. The van der Waals surface area contributed by atoms with E-state index < -0.39 is 0 Å². The first kappa shape index (κ1) is 24.1. The van der Waals surface area contributed by atoms with Crippen molar-refractivity contribution in [1.29, 1.82) is 0 Å². The van der Waals surface area contributed by atoms with Crippen LogP contribution in [0.25, 0.3) is 11.1 Å². The van der Waals surface area contributed by atoms with E-state index in [1.165, 1.54) is 25.9 Å². The number of H-pyrrole nitrogens is 1. The minimum atomic E-state index is -0.285. The number of hydrogen-bond donors (Lipinski definition) is 3. The van der Waals surface area contributed by atoms with Crippen molar-refractivity contribution in [3.63, 3.8) is 0 Å². The third-order valence-corrected chi connectivity index (χ3v) is 5.58. The van der Waals surface area contributed by atoms with E-state index in [4.69, 9.17) is 4.74 Å². The quantitative estimate of drug-likeness (QED) is 0.478. The van der Waals surface area contributed by atoms with Gasteiger partial charge >= 0.3 is 6.03 Å². The third kappa shape index (κ3) is 6.98. The second-order valence-electron chi connectivity index (χ2n) is 8.03. The molecule has 176 valence electrons. The molecule has 3 N–H and O–H groups in total. The molecule has 8 heteroatoms. The topological polar surface area (TPSA) is 93.7 Å². The van der Waals surface area contributed by atoms with Crippen molar-refractivity contribution in [2.45, 2.75) is 26.3 Å². The van der Waals surface area contributed by atoms with Crippen LogP contribution in [0.1, 0.15) is 25.3 Å². The van der Waals surface area contributed by atoms with Gasteiger partial charge in [0.15, 0.2) is 0 Å². The lowest BCUT2D eigenvalue weighted by atomic mass is 10.1. The molecule has 0 saturated carbocycles. The molecule has 0 unspecified atom stereocenters. The Morgan fingerprint density at radius 3 is 2.58 bits per heavy atom. The second kappa shape index (κ2) is 11.9. The summed E-state index contributed by atoms with van der Waals surface area (Å²) in [6.45, 7) is 5.51. The Balaban J connectivity index is 0.000000442. The van der Waals surface area contributed by atoms with E-state index in [0.717, 1.165) is 22.4 Å². The molecule has 2 amide bonds. The average molecular weight is 452 g/mol. The van der Waals surface area contributed by atoms with Crippen LogP contribution in [0.15, 0.2) is 54.9 Å². The van der Waals surface area contributed by atoms with Crippen molar-refractivity contribution in [2.75, 3.05) is 39.1 Å². The van der Waals surface area contributed by atoms with Gasteiger partial charge in [-0.05, 0) is 75.3 Å². The van der Waals surface area contributed by atoms with Gasteiger partial charge in [-0.25, -0.2) is 4.79 Å². The Morgan fingerprint density at radius 2 is 2.00 bits per heavy atom. The number of nitrogens with zero attached hydrogens (tertiary/aromatic N) is 3. The number of anilines is 1. The van der Waals surface area contributed by atoms with Gasteiger partial charge in [-0.15, -0.1) is 0 Å². The van der Waals surface area contributed by atoms with Crippen molar-refractivity contribution < 1.29 is 14.6 Å². The van der Waals surface area contributed by atoms with Gasteiger partial charge in [-0.3, -0.25) is 5.10 Å². The zero-order chi connectivity index (χ0) is 23.6. The first-order valence-electron chi connectivity index (χ1n) is 11.2. The molecular formula is C25H33N5O3. The van der Waals surface area contributed by atoms with Crippen LogP contribution in [0, 0.1) is 0 Å². The summed E-state index contributed by atoms with van der Waals surface area (Å²) in [5.74, 6) is 0.746. The van der Waals surface area contributed by atoms with Crippen molar-refractivity contribution in [3.05, 3.63) is 60.4 Å². The molecule has 0 bridgehead atoms. The van der Waals surface area contributed by atoms with Gasteiger partial charge in [0.05, 0.1) is 19.0 Å². The average Bonchev–Trinajstić information content (AvgIpc) is 3.53. The number of likely N-dealkylation sites (tertiary alicyclic amines) is 1. The van der Waals surface area contributed by atoms with Crippen LogP contribution in [0.2, 0.25) is 0 Å². The van der Waals surface area contributed by atoms with Crippen molar-refractivity contribution in [3.8, 4) is 22.6 Å². The van der Waals surface area contributed by atoms with Crippen molar-refractivity contribution >= 4 is 11.7 Å². The number of hydrogen-bond acceptors (Lipinski definition) is 5. The Hall–Kier alpha value is -3.52. The maximum absolute atomic E-state index is 12.6. The summed E-state index contributed by atoms with van der Waals surface area (Å²) in [6, 6.07) is 12.4. The number of nitrogens with one attached hydrogen (secondary N) is 2. The first-order chi connectivity index (χ1) is 16.0. The monoisotopic (exact) mass is 451 g/mol. The summed E-state index contributed by atoms with van der Waals surface area (Å²) >= 11 is 0. The zero-order valence-electron chi connectivity index (χ0n) is 19.5. The SMILES string of the molecule is CCN(Cc1cccc(OC)c1)C(=O)Nc1ccc(-c2cn[nH]c2)cc1O.CN1CCCC1. The second-order valence-corrected chi connectivity index (χ2v) is 8.03. The fourth-order valence-electron chi connectivity index (χ4n) is 3.61. The molecule has 0 radical (unpaired) electrons. The van der Waals surface area contributed by atoms with E-state index in [1.54, 1.807) is 36.5 Å². The van der Waals surface area contributed by atoms with Crippen LogP contribution in [0.5, 0.6) is 11.5 Å². The van der Waals surface area contributed by atoms with E-state index in [-0.39, 0.29) is 11.8 Å². The molecule has 33 heavy (non-hydrogen) atoms. The molecule has 0 atom stereocenters. The Kier molecular flexibility index (Phi) is 8.71. The Labute approximate surface area is 195 Å². The maximum atomic E-state index is 12.6. The number of aromatic hydroxyl groups is 1. The number of carbonyl (C=O) groups is 1. The number of aromatic nitrogens is 2. The number of methoxy groups -OCH3 is 1. The standard InChI is InChI=1S/C20H22N4O3.C5H11N/c1-3-24(13-14-5-4-6-17(9-14)27-2)20(26)23-18-8-7-15(10-19(18)25)16-11-21-22-12-16;1-6-4-2-3-5-6/h4-12,25H,3,13H2,1-2H3,(H,21,22)(H,23,26);2-5H2,1H3. The van der Waals surface area contributed by atoms with Gasteiger partial charge in [0.2, 0.25) is 0 Å². The molecule has 3 aromatic rings. The highest BCUT2D eigenvalue weighted by Gasteiger charge is 2.15. The van der Waals surface area contributed by atoms with Gasteiger partial charge in [-0.1, -0.05) is 18.2 Å². The van der Waals surface area contributed by atoms with E-state index >= 15 is 0 Å². The fourth-order valence-corrected chi connectivity index (χ4v) is 3.61.